The van der Waals surface area contributed by atoms with E-state index in [1.165, 1.54) is 0 Å². The molecule has 0 radical (unpaired) electrons. The molecule has 7 rings (SSSR count). The second-order valence-electron chi connectivity index (χ2n) is 14.7. The quantitative estimate of drug-likeness (QED) is 0.115. The van der Waals surface area contributed by atoms with Gasteiger partial charge in [-0.25, -0.2) is 9.59 Å². The van der Waals surface area contributed by atoms with Crippen molar-refractivity contribution in [1.29, 1.82) is 0 Å². The number of hydrogen-bond acceptors (Lipinski definition) is 6. The highest BCUT2D eigenvalue weighted by Crippen LogP contribution is 2.44. The number of hydrogen-bond donors (Lipinski definition) is 3. The van der Waals surface area contributed by atoms with Gasteiger partial charge in [-0.15, -0.1) is 0 Å². The monoisotopic (exact) mass is 751 g/mol. The Balaban J connectivity index is 1.16. The van der Waals surface area contributed by atoms with Crippen LogP contribution in [0.3, 0.4) is 0 Å². The van der Waals surface area contributed by atoms with E-state index in [2.05, 4.69) is 10.6 Å². The summed E-state index contributed by atoms with van der Waals surface area (Å²) in [6, 6.07) is 42.2. The number of nitrogens with one attached hydrogen (secondary N) is 2. The lowest BCUT2D eigenvalue weighted by molar-refractivity contribution is -0.157. The number of benzene rings is 5. The summed E-state index contributed by atoms with van der Waals surface area (Å²) in [5.74, 6) is -2.56. The Morgan fingerprint density at radius 1 is 0.750 bits per heavy atom. The van der Waals surface area contributed by atoms with Crippen molar-refractivity contribution in [1.82, 2.24) is 15.5 Å². The van der Waals surface area contributed by atoms with Crippen LogP contribution in [-0.4, -0.2) is 64.4 Å². The molecule has 0 spiro atoms. The number of fused-ring (bicyclic) bond motifs is 3. The van der Waals surface area contributed by atoms with Gasteiger partial charge in [0.15, 0.2) is 6.04 Å². The highest BCUT2D eigenvalue weighted by molar-refractivity contribution is 5.91. The molecule has 10 heteroatoms. The Hall–Kier alpha value is -6.26. The lowest BCUT2D eigenvalue weighted by Gasteiger charge is -2.37. The zero-order valence-corrected chi connectivity index (χ0v) is 31.6. The van der Waals surface area contributed by atoms with Gasteiger partial charge in [0.2, 0.25) is 11.8 Å². The molecule has 1 fully saturated rings. The summed E-state index contributed by atoms with van der Waals surface area (Å²) in [7, 11) is 0. The minimum atomic E-state index is -1.33. The third-order valence-electron chi connectivity index (χ3n) is 10.8. The lowest BCUT2D eigenvalue weighted by Crippen LogP contribution is -2.58. The summed E-state index contributed by atoms with van der Waals surface area (Å²) in [5, 5.41) is 16.2. The third kappa shape index (κ3) is 7.27. The molecule has 0 aromatic heterocycles. The van der Waals surface area contributed by atoms with Crippen LogP contribution in [0.25, 0.3) is 11.1 Å². The standard InChI is InChI=1S/C46H45N3O7/c1-30-41(43(52)53)49(45(2,3)56-30)42(51)39(47-44(54)55-29-38-36-25-15-13-23-34(36)35-24-14-16-26-37(35)38)27-28-40(50)48-46(31-17-7-4-8-18-31,32-19-9-5-10-20-32)33-21-11-6-12-22-33/h4-26,30,38-39,41H,27-29H2,1-3H3,(H,47,54)(H,48,50)(H,52,53)/t30-,39+,41-/m0/s1. The third-order valence-corrected chi connectivity index (χ3v) is 10.8. The van der Waals surface area contributed by atoms with E-state index in [4.69, 9.17) is 9.47 Å². The molecule has 0 unspecified atom stereocenters. The van der Waals surface area contributed by atoms with Crippen LogP contribution in [0.1, 0.15) is 67.3 Å². The van der Waals surface area contributed by atoms with Gasteiger partial charge in [-0.3, -0.25) is 14.5 Å². The summed E-state index contributed by atoms with van der Waals surface area (Å²) in [6.07, 6.45) is -2.04. The highest BCUT2D eigenvalue weighted by Gasteiger charge is 2.53. The lowest BCUT2D eigenvalue weighted by atomic mass is 9.77. The van der Waals surface area contributed by atoms with E-state index in [9.17, 15) is 24.3 Å². The fraction of sp³-hybridized carbons (Fsp3) is 0.261. The normalized spacial score (nSPS) is 17.7. The average molecular weight is 752 g/mol. The first-order chi connectivity index (χ1) is 27.0. The average Bonchev–Trinajstić information content (AvgIpc) is 3.67. The molecule has 2 aliphatic rings. The second-order valence-corrected chi connectivity index (χ2v) is 14.7. The zero-order valence-electron chi connectivity index (χ0n) is 31.6. The summed E-state index contributed by atoms with van der Waals surface area (Å²) < 4.78 is 11.8. The Kier molecular flexibility index (Phi) is 10.8. The van der Waals surface area contributed by atoms with E-state index in [1.807, 2.05) is 140 Å². The molecule has 1 aliphatic heterocycles. The van der Waals surface area contributed by atoms with Crippen molar-refractivity contribution in [3.63, 3.8) is 0 Å². The number of carboxylic acids is 1. The Morgan fingerprint density at radius 2 is 1.21 bits per heavy atom. The van der Waals surface area contributed by atoms with E-state index in [1.54, 1.807) is 20.8 Å². The molecule has 10 nitrogen and oxygen atoms in total. The van der Waals surface area contributed by atoms with Gasteiger partial charge in [0.25, 0.3) is 0 Å². The fourth-order valence-corrected chi connectivity index (χ4v) is 8.37. The number of carboxylic acid groups (broad SMARTS) is 1. The molecule has 1 saturated heterocycles. The smallest absolute Gasteiger partial charge is 0.407 e. The number of aliphatic carboxylic acids is 1. The van der Waals surface area contributed by atoms with Gasteiger partial charge in [-0.2, -0.15) is 0 Å². The summed E-state index contributed by atoms with van der Waals surface area (Å²) in [6.45, 7) is 4.80. The number of ether oxygens (including phenoxy) is 2. The molecule has 0 bridgehead atoms. The highest BCUT2D eigenvalue weighted by atomic mass is 16.6. The largest absolute Gasteiger partial charge is 0.480 e. The van der Waals surface area contributed by atoms with Crippen molar-refractivity contribution in [2.75, 3.05) is 6.61 Å². The van der Waals surface area contributed by atoms with Gasteiger partial charge in [-0.05, 0) is 66.1 Å². The molecule has 56 heavy (non-hydrogen) atoms. The molecule has 3 N–H and O–H groups in total. The predicted molar refractivity (Wildman–Crippen MR) is 211 cm³/mol. The van der Waals surface area contributed by atoms with Crippen molar-refractivity contribution >= 4 is 23.9 Å². The van der Waals surface area contributed by atoms with E-state index >= 15 is 0 Å². The minimum absolute atomic E-state index is 0.00209. The number of amides is 3. The first-order valence-electron chi connectivity index (χ1n) is 18.8. The van der Waals surface area contributed by atoms with Crippen LogP contribution in [0.2, 0.25) is 0 Å². The maximum atomic E-state index is 14.5. The van der Waals surface area contributed by atoms with E-state index in [0.29, 0.717) is 0 Å². The zero-order chi connectivity index (χ0) is 39.5. The molecular weight excluding hydrogens is 707 g/mol. The fourth-order valence-electron chi connectivity index (χ4n) is 8.37. The van der Waals surface area contributed by atoms with Gasteiger partial charge in [0, 0.05) is 12.3 Å². The van der Waals surface area contributed by atoms with Crippen molar-refractivity contribution < 1.29 is 33.8 Å². The Morgan fingerprint density at radius 3 is 1.70 bits per heavy atom. The number of rotatable bonds is 12. The van der Waals surface area contributed by atoms with E-state index in [0.717, 1.165) is 43.8 Å². The van der Waals surface area contributed by atoms with Crippen LogP contribution in [0, 0.1) is 0 Å². The number of alkyl carbamates (subject to hydrolysis) is 1. The number of nitrogens with zero attached hydrogens (tertiary/aromatic N) is 1. The van der Waals surface area contributed by atoms with Crippen molar-refractivity contribution in [2.24, 2.45) is 0 Å². The summed E-state index contributed by atoms with van der Waals surface area (Å²) in [4.78, 5) is 56.1. The maximum Gasteiger partial charge on any atom is 0.407 e. The topological polar surface area (TPSA) is 134 Å². The first-order valence-corrected chi connectivity index (χ1v) is 18.8. The number of carbonyl (C=O) groups excluding carboxylic acids is 3. The van der Waals surface area contributed by atoms with Crippen LogP contribution in [0.15, 0.2) is 140 Å². The van der Waals surface area contributed by atoms with Crippen molar-refractivity contribution in [3.8, 4) is 11.1 Å². The van der Waals surface area contributed by atoms with Crippen LogP contribution < -0.4 is 10.6 Å². The van der Waals surface area contributed by atoms with Crippen LogP contribution in [0.4, 0.5) is 4.79 Å². The van der Waals surface area contributed by atoms with E-state index < -0.39 is 53.3 Å². The van der Waals surface area contributed by atoms with Gasteiger partial charge in [0.1, 0.15) is 23.9 Å². The van der Waals surface area contributed by atoms with Gasteiger partial charge >= 0.3 is 12.1 Å². The molecule has 1 aliphatic carbocycles. The van der Waals surface area contributed by atoms with Crippen molar-refractivity contribution in [3.05, 3.63) is 167 Å². The molecule has 5 aromatic rings. The molecule has 3 amide bonds. The molecule has 0 saturated carbocycles. The van der Waals surface area contributed by atoms with Crippen molar-refractivity contribution in [2.45, 2.75) is 69.0 Å². The van der Waals surface area contributed by atoms with Gasteiger partial charge in [0.05, 0.1) is 6.10 Å². The first kappa shape index (κ1) is 38.0. The molecule has 286 valence electrons. The summed E-state index contributed by atoms with van der Waals surface area (Å²) in [5.41, 5.74) is 4.25. The minimum Gasteiger partial charge on any atom is -0.480 e. The van der Waals surface area contributed by atoms with Crippen LogP contribution in [0.5, 0.6) is 0 Å². The van der Waals surface area contributed by atoms with Crippen LogP contribution >= 0.6 is 0 Å². The molecule has 5 aromatic carbocycles. The predicted octanol–water partition coefficient (Wildman–Crippen LogP) is 7.22. The van der Waals surface area contributed by atoms with Crippen LogP contribution in [-0.2, 0) is 29.4 Å². The summed E-state index contributed by atoms with van der Waals surface area (Å²) >= 11 is 0. The molecule has 1 heterocycles. The van der Waals surface area contributed by atoms with E-state index in [-0.39, 0.29) is 25.4 Å². The Labute approximate surface area is 326 Å². The molecular formula is C46H45N3O7. The number of carbonyl (C=O) groups is 4. The Bertz CT molecular complexity index is 2070. The SMILES string of the molecule is C[C@@H]1OC(C)(C)N(C(=O)[C@@H](CCC(=O)NC(c2ccccc2)(c2ccccc2)c2ccccc2)NC(=O)OCC2c3ccccc3-c3ccccc32)[C@@H]1C(=O)O. The molecule has 3 atom stereocenters. The maximum absolute atomic E-state index is 14.5. The van der Waals surface area contributed by atoms with Gasteiger partial charge in [-0.1, -0.05) is 140 Å². The second kappa shape index (κ2) is 15.8. The van der Waals surface area contributed by atoms with Gasteiger partial charge < -0.3 is 25.2 Å².